The summed E-state index contributed by atoms with van der Waals surface area (Å²) >= 11 is 5.88. The second-order valence-electron chi connectivity index (χ2n) is 9.15. The number of hydrogen-bond donors (Lipinski definition) is 2. The van der Waals surface area contributed by atoms with Crippen LogP contribution in [0.4, 0.5) is 0 Å². The summed E-state index contributed by atoms with van der Waals surface area (Å²) in [4.78, 5) is 12.4. The first-order valence-corrected chi connectivity index (χ1v) is 10.7. The maximum absolute atomic E-state index is 12.4. The molecule has 0 saturated heterocycles. The molecule has 4 bridgehead atoms. The molecule has 4 fully saturated rings. The molecule has 0 radical (unpaired) electrons. The van der Waals surface area contributed by atoms with Crippen LogP contribution in [-0.4, -0.2) is 11.9 Å². The average molecular weight is 398 g/mol. The van der Waals surface area contributed by atoms with E-state index in [1.54, 1.807) is 18.3 Å². The van der Waals surface area contributed by atoms with Crippen LogP contribution >= 0.6 is 11.6 Å². The van der Waals surface area contributed by atoms with Gasteiger partial charge < -0.3 is 10.6 Å². The van der Waals surface area contributed by atoms with Crippen LogP contribution in [0.2, 0.25) is 5.02 Å². The maximum atomic E-state index is 12.4. The van der Waals surface area contributed by atoms with Gasteiger partial charge in [0.05, 0.1) is 0 Å². The molecule has 0 spiro atoms. The van der Waals surface area contributed by atoms with Crippen molar-refractivity contribution in [2.45, 2.75) is 58.0 Å². The third-order valence-electron chi connectivity index (χ3n) is 7.21. The highest BCUT2D eigenvalue weighted by atomic mass is 35.5. The standard InChI is InChI=1S/C23H28ClN3O/c1-15(23-9-17-6-18(10-23)8-19(7-17)11-23)26-14-20(12-25)22(28)27-13-16-2-4-21(24)5-3-16/h2-5,14-15,17-19,26H,6-11,13H2,1H3,(H,27,28)/b20-14-. The smallest absolute Gasteiger partial charge is 0.263 e. The summed E-state index contributed by atoms with van der Waals surface area (Å²) in [7, 11) is 0. The Morgan fingerprint density at radius 1 is 1.21 bits per heavy atom. The zero-order valence-corrected chi connectivity index (χ0v) is 17.1. The van der Waals surface area contributed by atoms with Gasteiger partial charge in [-0.15, -0.1) is 0 Å². The van der Waals surface area contributed by atoms with Crippen LogP contribution in [0, 0.1) is 34.5 Å². The van der Waals surface area contributed by atoms with Crippen molar-refractivity contribution in [3.05, 3.63) is 46.6 Å². The zero-order chi connectivity index (χ0) is 19.7. The van der Waals surface area contributed by atoms with Gasteiger partial charge in [0.1, 0.15) is 11.6 Å². The average Bonchev–Trinajstić information content (AvgIpc) is 2.66. The summed E-state index contributed by atoms with van der Waals surface area (Å²) in [5.74, 6) is 2.32. The molecule has 4 aliphatic rings. The van der Waals surface area contributed by atoms with E-state index in [4.69, 9.17) is 11.6 Å². The zero-order valence-electron chi connectivity index (χ0n) is 16.4. The summed E-state index contributed by atoms with van der Waals surface area (Å²) in [5, 5.41) is 16.3. The molecule has 2 N–H and O–H groups in total. The van der Waals surface area contributed by atoms with Crippen molar-refractivity contribution in [2.75, 3.05) is 0 Å². The molecule has 1 atom stereocenters. The van der Waals surface area contributed by atoms with Gasteiger partial charge in [0.25, 0.3) is 5.91 Å². The van der Waals surface area contributed by atoms with Gasteiger partial charge in [0.2, 0.25) is 0 Å². The fraction of sp³-hybridized carbons (Fsp3) is 0.565. The van der Waals surface area contributed by atoms with E-state index in [1.165, 1.54) is 38.5 Å². The van der Waals surface area contributed by atoms with Crippen LogP contribution in [-0.2, 0) is 11.3 Å². The van der Waals surface area contributed by atoms with Crippen molar-refractivity contribution in [1.82, 2.24) is 10.6 Å². The molecule has 1 amide bonds. The number of carbonyl (C=O) groups is 1. The Bertz CT molecular complexity index is 773. The number of nitriles is 1. The fourth-order valence-corrected chi connectivity index (χ4v) is 6.25. The first-order chi connectivity index (χ1) is 13.5. The number of hydrogen-bond acceptors (Lipinski definition) is 3. The molecule has 0 aliphatic heterocycles. The van der Waals surface area contributed by atoms with E-state index in [2.05, 4.69) is 17.6 Å². The molecule has 4 aliphatic carbocycles. The Morgan fingerprint density at radius 2 is 1.79 bits per heavy atom. The topological polar surface area (TPSA) is 64.9 Å². The van der Waals surface area contributed by atoms with E-state index in [0.717, 1.165) is 23.3 Å². The lowest BCUT2D eigenvalue weighted by Crippen LogP contribution is -2.54. The minimum Gasteiger partial charge on any atom is -0.387 e. The molecule has 1 unspecified atom stereocenters. The number of nitrogens with one attached hydrogen (secondary N) is 2. The molecule has 1 aromatic carbocycles. The van der Waals surface area contributed by atoms with Crippen molar-refractivity contribution in [1.29, 1.82) is 5.26 Å². The van der Waals surface area contributed by atoms with Gasteiger partial charge in [-0.2, -0.15) is 5.26 Å². The van der Waals surface area contributed by atoms with E-state index >= 15 is 0 Å². The summed E-state index contributed by atoms with van der Waals surface area (Å²) in [6.45, 7) is 2.60. The highest BCUT2D eigenvalue weighted by Crippen LogP contribution is 2.61. The number of halogens is 1. The summed E-state index contributed by atoms with van der Waals surface area (Å²) in [5.41, 5.74) is 1.42. The van der Waals surface area contributed by atoms with Crippen LogP contribution in [0.5, 0.6) is 0 Å². The second-order valence-corrected chi connectivity index (χ2v) is 9.58. The third-order valence-corrected chi connectivity index (χ3v) is 7.47. The van der Waals surface area contributed by atoms with E-state index in [0.29, 0.717) is 17.0 Å². The Morgan fingerprint density at radius 3 is 2.32 bits per heavy atom. The van der Waals surface area contributed by atoms with Crippen LogP contribution in [0.25, 0.3) is 0 Å². The Kier molecular flexibility index (Phi) is 5.38. The monoisotopic (exact) mass is 397 g/mol. The predicted molar refractivity (Wildman–Crippen MR) is 110 cm³/mol. The molecule has 1 aromatic rings. The van der Waals surface area contributed by atoms with Gasteiger partial charge >= 0.3 is 0 Å². The lowest BCUT2D eigenvalue weighted by Gasteiger charge is -2.59. The Balaban J connectivity index is 1.36. The molecule has 4 saturated carbocycles. The van der Waals surface area contributed by atoms with Crippen molar-refractivity contribution in [2.24, 2.45) is 23.2 Å². The molecule has 4 nitrogen and oxygen atoms in total. The first-order valence-electron chi connectivity index (χ1n) is 10.4. The first kappa shape index (κ1) is 19.3. The van der Waals surface area contributed by atoms with Gasteiger partial charge in [0.15, 0.2) is 0 Å². The molecular formula is C23H28ClN3O. The summed E-state index contributed by atoms with van der Waals surface area (Å²) < 4.78 is 0. The van der Waals surface area contributed by atoms with Crippen LogP contribution in [0.15, 0.2) is 36.0 Å². The van der Waals surface area contributed by atoms with Gasteiger partial charge in [-0.25, -0.2) is 0 Å². The van der Waals surface area contributed by atoms with E-state index < -0.39 is 0 Å². The second kappa shape index (κ2) is 7.79. The lowest BCUT2D eigenvalue weighted by atomic mass is 9.48. The number of nitrogens with zero attached hydrogens (tertiary/aromatic N) is 1. The fourth-order valence-electron chi connectivity index (χ4n) is 6.12. The highest BCUT2D eigenvalue weighted by Gasteiger charge is 2.52. The van der Waals surface area contributed by atoms with E-state index in [9.17, 15) is 10.1 Å². The van der Waals surface area contributed by atoms with E-state index in [-0.39, 0.29) is 17.5 Å². The minimum absolute atomic E-state index is 0.130. The highest BCUT2D eigenvalue weighted by molar-refractivity contribution is 6.30. The summed E-state index contributed by atoms with van der Waals surface area (Å²) in [6, 6.07) is 9.64. The molecular weight excluding hydrogens is 370 g/mol. The molecule has 5 rings (SSSR count). The number of rotatable bonds is 6. The third kappa shape index (κ3) is 3.91. The largest absolute Gasteiger partial charge is 0.387 e. The molecule has 5 heteroatoms. The van der Waals surface area contributed by atoms with E-state index in [1.807, 2.05) is 18.2 Å². The van der Waals surface area contributed by atoms with Crippen molar-refractivity contribution in [3.8, 4) is 6.07 Å². The molecule has 0 aromatic heterocycles. The lowest BCUT2D eigenvalue weighted by molar-refractivity contribution is -0.117. The summed E-state index contributed by atoms with van der Waals surface area (Å²) in [6.07, 6.45) is 9.76. The van der Waals surface area contributed by atoms with Crippen LogP contribution in [0.3, 0.4) is 0 Å². The van der Waals surface area contributed by atoms with Gasteiger partial charge in [-0.3, -0.25) is 4.79 Å². The van der Waals surface area contributed by atoms with Crippen LogP contribution < -0.4 is 10.6 Å². The molecule has 28 heavy (non-hydrogen) atoms. The molecule has 0 heterocycles. The van der Waals surface area contributed by atoms with Crippen LogP contribution in [0.1, 0.15) is 51.0 Å². The van der Waals surface area contributed by atoms with Crippen molar-refractivity contribution < 1.29 is 4.79 Å². The predicted octanol–water partition coefficient (Wildman–Crippen LogP) is 4.56. The van der Waals surface area contributed by atoms with Crippen molar-refractivity contribution >= 4 is 17.5 Å². The number of carbonyl (C=O) groups excluding carboxylic acids is 1. The maximum Gasteiger partial charge on any atom is 0.263 e. The van der Waals surface area contributed by atoms with Gasteiger partial charge in [-0.1, -0.05) is 23.7 Å². The normalized spacial score (nSPS) is 31.9. The molecule has 148 valence electrons. The Hall–Kier alpha value is -1.99. The van der Waals surface area contributed by atoms with Crippen molar-refractivity contribution in [3.63, 3.8) is 0 Å². The number of benzene rings is 1. The quantitative estimate of drug-likeness (QED) is 0.546. The SMILES string of the molecule is CC(N/C=C(/C#N)C(=O)NCc1ccc(Cl)cc1)C12CC3CC(CC(C3)C1)C2. The number of amides is 1. The Labute approximate surface area is 172 Å². The minimum atomic E-state index is -0.345. The van der Waals surface area contributed by atoms with Gasteiger partial charge in [0, 0.05) is 23.8 Å². The van der Waals surface area contributed by atoms with Gasteiger partial charge in [-0.05, 0) is 86.3 Å².